The van der Waals surface area contributed by atoms with Gasteiger partial charge in [-0.2, -0.15) is 0 Å². The number of hydrogen-bond acceptors (Lipinski definition) is 4. The number of nitrogens with one attached hydrogen (secondary N) is 1. The van der Waals surface area contributed by atoms with Gasteiger partial charge in [0.25, 0.3) is 5.91 Å². The second-order valence-corrected chi connectivity index (χ2v) is 4.90. The van der Waals surface area contributed by atoms with Gasteiger partial charge < -0.3 is 15.1 Å². The Kier molecular flexibility index (Phi) is 4.76. The number of likely N-dealkylation sites (tertiary alicyclic amines) is 1. The topological polar surface area (TPSA) is 67.6 Å². The van der Waals surface area contributed by atoms with Crippen LogP contribution in [0.1, 0.15) is 23.2 Å². The molecule has 5 nitrogen and oxygen atoms in total. The number of carbonyl (C=O) groups excluding carboxylic acids is 1. The van der Waals surface area contributed by atoms with Crippen LogP contribution >= 0.6 is 0 Å². The summed E-state index contributed by atoms with van der Waals surface area (Å²) in [6, 6.07) is 7.32. The smallest absolute Gasteiger partial charge is 0.256 e. The first kappa shape index (κ1) is 13.8. The Balaban J connectivity index is 2.10. The maximum Gasteiger partial charge on any atom is 0.256 e. The van der Waals surface area contributed by atoms with Gasteiger partial charge in [0.15, 0.2) is 0 Å². The quantitative estimate of drug-likeness (QED) is 0.637. The van der Waals surface area contributed by atoms with Crippen molar-refractivity contribution < 1.29 is 9.53 Å². The van der Waals surface area contributed by atoms with Crippen molar-refractivity contribution >= 4 is 11.6 Å². The van der Waals surface area contributed by atoms with Crippen LogP contribution in [-0.2, 0) is 4.74 Å². The number of piperidine rings is 1. The van der Waals surface area contributed by atoms with Crippen LogP contribution in [0, 0.1) is 5.92 Å². The van der Waals surface area contributed by atoms with Gasteiger partial charge in [-0.15, -0.1) is 0 Å². The molecule has 1 aliphatic heterocycles. The molecule has 0 aliphatic carbocycles. The molecule has 104 valence electrons. The first-order valence-corrected chi connectivity index (χ1v) is 6.60. The number of hydrazine groups is 1. The highest BCUT2D eigenvalue weighted by Crippen LogP contribution is 2.21. The number of hydrogen-bond donors (Lipinski definition) is 2. The fraction of sp³-hybridized carbons (Fsp3) is 0.500. The van der Waals surface area contributed by atoms with Crippen LogP contribution in [0.5, 0.6) is 0 Å². The summed E-state index contributed by atoms with van der Waals surface area (Å²) in [4.78, 5) is 14.4. The number of benzene rings is 1. The lowest BCUT2D eigenvalue weighted by molar-refractivity contribution is 0.0572. The number of methoxy groups -OCH3 is 1. The number of carbonyl (C=O) groups is 1. The maximum absolute atomic E-state index is 12.5. The van der Waals surface area contributed by atoms with Crippen molar-refractivity contribution in [2.24, 2.45) is 11.8 Å². The largest absolute Gasteiger partial charge is 0.384 e. The molecule has 1 aliphatic rings. The number of para-hydroxylation sites is 1. The molecule has 3 N–H and O–H groups in total. The summed E-state index contributed by atoms with van der Waals surface area (Å²) in [5.74, 6) is 5.92. The summed E-state index contributed by atoms with van der Waals surface area (Å²) in [5, 5.41) is 0. The van der Waals surface area contributed by atoms with E-state index in [9.17, 15) is 4.79 Å². The molecule has 0 saturated carbocycles. The van der Waals surface area contributed by atoms with Gasteiger partial charge >= 0.3 is 0 Å². The minimum absolute atomic E-state index is 0.0364. The molecular weight excluding hydrogens is 242 g/mol. The number of amides is 1. The zero-order chi connectivity index (χ0) is 13.7. The van der Waals surface area contributed by atoms with Crippen molar-refractivity contribution in [2.45, 2.75) is 12.8 Å². The molecule has 1 amide bonds. The third kappa shape index (κ3) is 3.24. The van der Waals surface area contributed by atoms with E-state index in [2.05, 4.69) is 5.43 Å². The lowest BCUT2D eigenvalue weighted by Crippen LogP contribution is -2.41. The van der Waals surface area contributed by atoms with Gasteiger partial charge in [-0.1, -0.05) is 12.1 Å². The molecule has 5 heteroatoms. The average molecular weight is 263 g/mol. The SMILES string of the molecule is COCC1CCCN(C(=O)c2ccccc2NN)C1. The van der Waals surface area contributed by atoms with E-state index in [0.717, 1.165) is 25.9 Å². The molecular formula is C14H21N3O2. The van der Waals surface area contributed by atoms with Gasteiger partial charge in [-0.25, -0.2) is 0 Å². The summed E-state index contributed by atoms with van der Waals surface area (Å²) in [6.45, 7) is 2.27. The lowest BCUT2D eigenvalue weighted by Gasteiger charge is -2.32. The van der Waals surface area contributed by atoms with Crippen LogP contribution in [0.4, 0.5) is 5.69 Å². The first-order chi connectivity index (χ1) is 9.26. The maximum atomic E-state index is 12.5. The molecule has 1 atom stereocenters. The second-order valence-electron chi connectivity index (χ2n) is 4.90. The number of nitrogens with two attached hydrogens (primary N) is 1. The molecule has 1 saturated heterocycles. The van der Waals surface area contributed by atoms with Crippen molar-refractivity contribution in [1.82, 2.24) is 4.90 Å². The van der Waals surface area contributed by atoms with Crippen molar-refractivity contribution in [3.63, 3.8) is 0 Å². The molecule has 1 unspecified atom stereocenters. The summed E-state index contributed by atoms with van der Waals surface area (Å²) in [5.41, 5.74) is 3.88. The third-order valence-electron chi connectivity index (χ3n) is 3.52. The van der Waals surface area contributed by atoms with Crippen LogP contribution in [0.2, 0.25) is 0 Å². The van der Waals surface area contributed by atoms with Crippen LogP contribution in [-0.4, -0.2) is 37.6 Å². The highest BCUT2D eigenvalue weighted by Gasteiger charge is 2.25. The van der Waals surface area contributed by atoms with Gasteiger partial charge in [0.05, 0.1) is 17.9 Å². The monoisotopic (exact) mass is 263 g/mol. The van der Waals surface area contributed by atoms with Crippen LogP contribution in [0.15, 0.2) is 24.3 Å². The average Bonchev–Trinajstić information content (AvgIpc) is 2.47. The number of rotatable bonds is 4. The minimum atomic E-state index is 0.0364. The fourth-order valence-electron chi connectivity index (χ4n) is 2.59. The number of ether oxygens (including phenoxy) is 1. The Morgan fingerprint density at radius 2 is 2.32 bits per heavy atom. The van der Waals surface area contributed by atoms with E-state index in [1.54, 1.807) is 13.2 Å². The van der Waals surface area contributed by atoms with E-state index < -0.39 is 0 Å². The van der Waals surface area contributed by atoms with Gasteiger partial charge in [-0.3, -0.25) is 10.6 Å². The summed E-state index contributed by atoms with van der Waals surface area (Å²) in [7, 11) is 1.70. The van der Waals surface area contributed by atoms with E-state index in [-0.39, 0.29) is 5.91 Å². The van der Waals surface area contributed by atoms with Crippen molar-refractivity contribution in [3.8, 4) is 0 Å². The fourth-order valence-corrected chi connectivity index (χ4v) is 2.59. The van der Waals surface area contributed by atoms with Gasteiger partial charge in [0, 0.05) is 20.2 Å². The standard InChI is InChI=1S/C14H21N3O2/c1-19-10-11-5-4-8-17(9-11)14(18)12-6-2-3-7-13(12)16-15/h2-3,6-7,11,16H,4-5,8-10,15H2,1H3. The van der Waals surface area contributed by atoms with Crippen LogP contribution in [0.25, 0.3) is 0 Å². The Morgan fingerprint density at radius 3 is 3.05 bits per heavy atom. The molecule has 19 heavy (non-hydrogen) atoms. The van der Waals surface area contributed by atoms with Crippen molar-refractivity contribution in [2.75, 3.05) is 32.2 Å². The Morgan fingerprint density at radius 1 is 1.53 bits per heavy atom. The van der Waals surface area contributed by atoms with E-state index in [4.69, 9.17) is 10.6 Å². The molecule has 1 aromatic carbocycles. The van der Waals surface area contributed by atoms with Gasteiger partial charge in [-0.05, 0) is 30.9 Å². The van der Waals surface area contributed by atoms with Crippen LogP contribution in [0.3, 0.4) is 0 Å². The highest BCUT2D eigenvalue weighted by molar-refractivity contribution is 5.99. The molecule has 0 radical (unpaired) electrons. The van der Waals surface area contributed by atoms with E-state index in [1.807, 2.05) is 23.1 Å². The normalized spacial score (nSPS) is 19.3. The molecule has 1 aromatic rings. The Hall–Kier alpha value is -1.59. The Bertz CT molecular complexity index is 434. The summed E-state index contributed by atoms with van der Waals surface area (Å²) < 4.78 is 5.19. The highest BCUT2D eigenvalue weighted by atomic mass is 16.5. The first-order valence-electron chi connectivity index (χ1n) is 6.60. The van der Waals surface area contributed by atoms with E-state index in [0.29, 0.717) is 23.8 Å². The lowest BCUT2D eigenvalue weighted by atomic mass is 9.98. The van der Waals surface area contributed by atoms with Gasteiger partial charge in [0.2, 0.25) is 0 Å². The summed E-state index contributed by atoms with van der Waals surface area (Å²) >= 11 is 0. The number of nitrogens with zero attached hydrogens (tertiary/aromatic N) is 1. The molecule has 0 bridgehead atoms. The number of anilines is 1. The van der Waals surface area contributed by atoms with E-state index in [1.165, 1.54) is 0 Å². The Labute approximate surface area is 113 Å². The molecule has 1 heterocycles. The molecule has 0 spiro atoms. The minimum Gasteiger partial charge on any atom is -0.384 e. The van der Waals surface area contributed by atoms with Crippen molar-refractivity contribution in [1.29, 1.82) is 0 Å². The zero-order valence-corrected chi connectivity index (χ0v) is 11.3. The van der Waals surface area contributed by atoms with Crippen molar-refractivity contribution in [3.05, 3.63) is 29.8 Å². The molecule has 2 rings (SSSR count). The summed E-state index contributed by atoms with van der Waals surface area (Å²) in [6.07, 6.45) is 2.15. The predicted octanol–water partition coefficient (Wildman–Crippen LogP) is 1.47. The zero-order valence-electron chi connectivity index (χ0n) is 11.3. The molecule has 1 fully saturated rings. The number of nitrogen functional groups attached to an aromatic ring is 1. The van der Waals surface area contributed by atoms with Crippen LogP contribution < -0.4 is 11.3 Å². The van der Waals surface area contributed by atoms with Gasteiger partial charge in [0.1, 0.15) is 0 Å². The predicted molar refractivity (Wildman–Crippen MR) is 74.8 cm³/mol. The van der Waals surface area contributed by atoms with E-state index >= 15 is 0 Å². The second kappa shape index (κ2) is 6.54. The molecule has 0 aromatic heterocycles. The third-order valence-corrected chi connectivity index (χ3v) is 3.52.